The van der Waals surface area contributed by atoms with Crippen molar-refractivity contribution in [3.63, 3.8) is 0 Å². The molecule has 1 atom stereocenters. The molecule has 1 heteroatoms. The maximum atomic E-state index is 12.1. The molecule has 0 heterocycles. The number of carbonyl (C=O) groups is 1. The molecule has 1 aromatic rings. The number of Topliss-reactive ketones (excluding diaryl/α,β-unsaturated/α-hetero) is 1. The normalized spacial score (nSPS) is 29.4. The summed E-state index contributed by atoms with van der Waals surface area (Å²) in [6.07, 6.45) is 10.6. The van der Waals surface area contributed by atoms with Crippen LogP contribution in [0.15, 0.2) is 30.3 Å². The lowest BCUT2D eigenvalue weighted by atomic mass is 9.58. The fourth-order valence-electron chi connectivity index (χ4n) is 4.39. The number of rotatable bonds is 2. The Morgan fingerprint density at radius 3 is 2.37 bits per heavy atom. The van der Waals surface area contributed by atoms with Gasteiger partial charge in [-0.2, -0.15) is 0 Å². The second-order valence-electron chi connectivity index (χ2n) is 6.43. The van der Waals surface area contributed by atoms with Crippen molar-refractivity contribution >= 4 is 5.78 Å². The van der Waals surface area contributed by atoms with Crippen LogP contribution in [0, 0.1) is 5.92 Å². The summed E-state index contributed by atoms with van der Waals surface area (Å²) >= 11 is 0. The van der Waals surface area contributed by atoms with Crippen molar-refractivity contribution in [3.8, 4) is 0 Å². The SMILES string of the molecule is O=C1CCC[C@](c2ccccc2)(C2CCCCC2)C1. The first kappa shape index (κ1) is 12.9. The highest BCUT2D eigenvalue weighted by molar-refractivity contribution is 5.81. The molecule has 0 unspecified atom stereocenters. The molecule has 1 nitrogen and oxygen atoms in total. The molecular formula is C18H24O. The third-order valence-corrected chi connectivity index (χ3v) is 5.33. The van der Waals surface area contributed by atoms with Crippen LogP contribution < -0.4 is 0 Å². The average molecular weight is 256 g/mol. The topological polar surface area (TPSA) is 17.1 Å². The summed E-state index contributed by atoms with van der Waals surface area (Å²) in [6.45, 7) is 0. The van der Waals surface area contributed by atoms with Gasteiger partial charge in [0.25, 0.3) is 0 Å². The van der Waals surface area contributed by atoms with E-state index in [1.54, 1.807) is 0 Å². The molecule has 0 radical (unpaired) electrons. The lowest BCUT2D eigenvalue weighted by Crippen LogP contribution is -2.41. The Bertz CT molecular complexity index is 430. The van der Waals surface area contributed by atoms with Crippen LogP contribution in [0.25, 0.3) is 0 Å². The molecule has 2 fully saturated rings. The van der Waals surface area contributed by atoms with Gasteiger partial charge in [0.1, 0.15) is 5.78 Å². The fourth-order valence-corrected chi connectivity index (χ4v) is 4.39. The van der Waals surface area contributed by atoms with Crippen molar-refractivity contribution in [1.29, 1.82) is 0 Å². The Morgan fingerprint density at radius 2 is 1.68 bits per heavy atom. The van der Waals surface area contributed by atoms with Gasteiger partial charge >= 0.3 is 0 Å². The van der Waals surface area contributed by atoms with E-state index >= 15 is 0 Å². The maximum Gasteiger partial charge on any atom is 0.133 e. The molecule has 0 N–H and O–H groups in total. The summed E-state index contributed by atoms with van der Waals surface area (Å²) in [5.74, 6) is 1.22. The lowest BCUT2D eigenvalue weighted by molar-refractivity contribution is -0.123. The Labute approximate surface area is 116 Å². The van der Waals surface area contributed by atoms with E-state index < -0.39 is 0 Å². The smallest absolute Gasteiger partial charge is 0.133 e. The van der Waals surface area contributed by atoms with E-state index in [-0.39, 0.29) is 5.41 Å². The van der Waals surface area contributed by atoms with Crippen molar-refractivity contribution < 1.29 is 4.79 Å². The third-order valence-electron chi connectivity index (χ3n) is 5.33. The first-order chi connectivity index (χ1) is 9.31. The minimum absolute atomic E-state index is 0.164. The van der Waals surface area contributed by atoms with Crippen molar-refractivity contribution in [2.24, 2.45) is 5.92 Å². The van der Waals surface area contributed by atoms with E-state index in [1.165, 1.54) is 44.1 Å². The van der Waals surface area contributed by atoms with Crippen LogP contribution in [0.1, 0.15) is 63.4 Å². The van der Waals surface area contributed by atoms with Crippen molar-refractivity contribution in [3.05, 3.63) is 35.9 Å². The number of carbonyl (C=O) groups excluding carboxylic acids is 1. The van der Waals surface area contributed by atoms with Crippen LogP contribution >= 0.6 is 0 Å². The van der Waals surface area contributed by atoms with E-state index in [1.807, 2.05) is 0 Å². The zero-order valence-corrected chi connectivity index (χ0v) is 11.7. The predicted octanol–water partition coefficient (Wildman–Crippen LogP) is 4.65. The summed E-state index contributed by atoms with van der Waals surface area (Å²) in [7, 11) is 0. The quantitative estimate of drug-likeness (QED) is 0.753. The average Bonchev–Trinajstić information content (AvgIpc) is 2.49. The second kappa shape index (κ2) is 5.48. The fraction of sp³-hybridized carbons (Fsp3) is 0.611. The van der Waals surface area contributed by atoms with E-state index in [4.69, 9.17) is 0 Å². The zero-order chi connectivity index (χ0) is 13.1. The van der Waals surface area contributed by atoms with E-state index in [9.17, 15) is 4.79 Å². The molecule has 0 bridgehead atoms. The van der Waals surface area contributed by atoms with E-state index in [0.717, 1.165) is 25.2 Å². The summed E-state index contributed by atoms with van der Waals surface area (Å²) in [5, 5.41) is 0. The number of hydrogen-bond donors (Lipinski definition) is 0. The summed E-state index contributed by atoms with van der Waals surface area (Å²) in [6, 6.07) is 10.9. The van der Waals surface area contributed by atoms with Gasteiger partial charge in [0.2, 0.25) is 0 Å². The van der Waals surface area contributed by atoms with Gasteiger partial charge in [-0.05, 0) is 37.2 Å². The Morgan fingerprint density at radius 1 is 0.947 bits per heavy atom. The largest absolute Gasteiger partial charge is 0.300 e. The highest BCUT2D eigenvalue weighted by Gasteiger charge is 2.43. The molecule has 102 valence electrons. The van der Waals surface area contributed by atoms with Crippen molar-refractivity contribution in [2.75, 3.05) is 0 Å². The Hall–Kier alpha value is -1.11. The van der Waals surface area contributed by atoms with Gasteiger partial charge in [-0.3, -0.25) is 4.79 Å². The second-order valence-corrected chi connectivity index (χ2v) is 6.43. The van der Waals surface area contributed by atoms with E-state index in [0.29, 0.717) is 5.78 Å². The first-order valence-electron chi connectivity index (χ1n) is 7.88. The van der Waals surface area contributed by atoms with Crippen LogP contribution in [0.4, 0.5) is 0 Å². The molecule has 2 aliphatic carbocycles. The minimum atomic E-state index is 0.164. The summed E-state index contributed by atoms with van der Waals surface area (Å²) in [4.78, 5) is 12.1. The standard InChI is InChI=1S/C18H24O/c19-17-12-7-13-18(14-17,15-8-3-1-4-9-15)16-10-5-2-6-11-16/h1,3-4,8-9,16H,2,5-7,10-14H2/t18-/m0/s1. The molecule has 0 amide bonds. The van der Waals surface area contributed by atoms with Crippen molar-refractivity contribution in [2.45, 2.75) is 63.2 Å². The van der Waals surface area contributed by atoms with Gasteiger partial charge in [0, 0.05) is 18.3 Å². The molecule has 0 aliphatic heterocycles. The first-order valence-corrected chi connectivity index (χ1v) is 7.88. The van der Waals surface area contributed by atoms with Gasteiger partial charge in [0.15, 0.2) is 0 Å². The number of ketones is 1. The van der Waals surface area contributed by atoms with Gasteiger partial charge in [-0.15, -0.1) is 0 Å². The Kier molecular flexibility index (Phi) is 3.72. The highest BCUT2D eigenvalue weighted by atomic mass is 16.1. The van der Waals surface area contributed by atoms with Gasteiger partial charge in [0.05, 0.1) is 0 Å². The van der Waals surface area contributed by atoms with Gasteiger partial charge in [-0.1, -0.05) is 49.6 Å². The maximum absolute atomic E-state index is 12.1. The molecule has 1 aromatic carbocycles. The lowest BCUT2D eigenvalue weighted by Gasteiger charge is -2.45. The van der Waals surface area contributed by atoms with Crippen LogP contribution in [-0.4, -0.2) is 5.78 Å². The Balaban J connectivity index is 1.96. The zero-order valence-electron chi connectivity index (χ0n) is 11.7. The van der Waals surface area contributed by atoms with Crippen molar-refractivity contribution in [1.82, 2.24) is 0 Å². The molecule has 2 saturated carbocycles. The molecule has 3 rings (SSSR count). The van der Waals surface area contributed by atoms with Crippen LogP contribution in [-0.2, 0) is 10.2 Å². The summed E-state index contributed by atoms with van der Waals surface area (Å²) < 4.78 is 0. The molecule has 0 aromatic heterocycles. The predicted molar refractivity (Wildman–Crippen MR) is 78.2 cm³/mol. The van der Waals surface area contributed by atoms with Crippen LogP contribution in [0.3, 0.4) is 0 Å². The molecule has 0 saturated heterocycles. The van der Waals surface area contributed by atoms with Gasteiger partial charge < -0.3 is 0 Å². The summed E-state index contributed by atoms with van der Waals surface area (Å²) in [5.41, 5.74) is 1.59. The van der Waals surface area contributed by atoms with E-state index in [2.05, 4.69) is 30.3 Å². The number of hydrogen-bond acceptors (Lipinski definition) is 1. The van der Waals surface area contributed by atoms with Crippen LogP contribution in [0.2, 0.25) is 0 Å². The molecule has 0 spiro atoms. The highest BCUT2D eigenvalue weighted by Crippen LogP contribution is 2.49. The molecule has 2 aliphatic rings. The molecule has 19 heavy (non-hydrogen) atoms. The molecular weight excluding hydrogens is 232 g/mol. The monoisotopic (exact) mass is 256 g/mol. The minimum Gasteiger partial charge on any atom is -0.300 e. The number of benzene rings is 1. The van der Waals surface area contributed by atoms with Crippen LogP contribution in [0.5, 0.6) is 0 Å². The van der Waals surface area contributed by atoms with Gasteiger partial charge in [-0.25, -0.2) is 0 Å². The third kappa shape index (κ3) is 2.48.